The van der Waals surface area contributed by atoms with Gasteiger partial charge in [0.15, 0.2) is 0 Å². The lowest BCUT2D eigenvalue weighted by molar-refractivity contribution is 0.0471. The van der Waals surface area contributed by atoms with Gasteiger partial charge in [0.25, 0.3) is 0 Å². The van der Waals surface area contributed by atoms with Crippen molar-refractivity contribution >= 4 is 38.4 Å². The minimum absolute atomic E-state index is 0.255. The third-order valence-electron chi connectivity index (χ3n) is 5.14. The van der Waals surface area contributed by atoms with Crippen molar-refractivity contribution in [1.82, 2.24) is 0 Å². The Morgan fingerprint density at radius 2 is 1.40 bits per heavy atom. The van der Waals surface area contributed by atoms with Gasteiger partial charge in [0.2, 0.25) is 0 Å². The second-order valence-electron chi connectivity index (χ2n) is 6.63. The first-order valence-corrected chi connectivity index (χ1v) is 8.28. The van der Waals surface area contributed by atoms with Crippen LogP contribution in [-0.2, 0) is 0 Å². The molecule has 5 rings (SSSR count). The number of fused-ring (bicyclic) bond motifs is 6. The largest absolute Gasteiger partial charge is 0.508 e. The maximum atomic E-state index is 10.3. The maximum Gasteiger partial charge on any atom is 0.116 e. The molecule has 0 amide bonds. The SMILES string of the molecule is Oc1ccc2c(ccc3cc4ccc5c(c4cc32)C=C[C@@H](O)[C@@H]5O)c1. The minimum Gasteiger partial charge on any atom is -0.508 e. The van der Waals surface area contributed by atoms with Crippen molar-refractivity contribution in [3.8, 4) is 5.75 Å². The van der Waals surface area contributed by atoms with Crippen LogP contribution < -0.4 is 0 Å². The summed E-state index contributed by atoms with van der Waals surface area (Å²) in [5.74, 6) is 0.255. The zero-order valence-corrected chi connectivity index (χ0v) is 13.3. The number of aromatic hydroxyl groups is 1. The molecule has 1 aliphatic carbocycles. The van der Waals surface area contributed by atoms with Gasteiger partial charge in [-0.15, -0.1) is 0 Å². The van der Waals surface area contributed by atoms with Gasteiger partial charge >= 0.3 is 0 Å². The van der Waals surface area contributed by atoms with Gasteiger partial charge in [-0.05, 0) is 67.7 Å². The van der Waals surface area contributed by atoms with E-state index in [1.807, 2.05) is 30.3 Å². The molecule has 0 unspecified atom stereocenters. The summed E-state index contributed by atoms with van der Waals surface area (Å²) in [5, 5.41) is 36.3. The molecule has 0 bridgehead atoms. The van der Waals surface area contributed by atoms with Crippen LogP contribution in [-0.4, -0.2) is 21.4 Å². The highest BCUT2D eigenvalue weighted by atomic mass is 16.3. The van der Waals surface area contributed by atoms with E-state index in [-0.39, 0.29) is 5.75 Å². The smallest absolute Gasteiger partial charge is 0.116 e. The van der Waals surface area contributed by atoms with Crippen molar-refractivity contribution in [2.75, 3.05) is 0 Å². The summed E-state index contributed by atoms with van der Waals surface area (Å²) in [4.78, 5) is 0. The average molecular weight is 328 g/mol. The van der Waals surface area contributed by atoms with Crippen LogP contribution in [0, 0.1) is 0 Å². The minimum atomic E-state index is -0.899. The van der Waals surface area contributed by atoms with Crippen LogP contribution >= 0.6 is 0 Å². The van der Waals surface area contributed by atoms with Crippen molar-refractivity contribution in [1.29, 1.82) is 0 Å². The molecule has 4 aromatic rings. The van der Waals surface area contributed by atoms with Crippen LogP contribution in [0.1, 0.15) is 17.2 Å². The molecule has 3 nitrogen and oxygen atoms in total. The summed E-state index contributed by atoms with van der Waals surface area (Å²) in [6.45, 7) is 0. The van der Waals surface area contributed by atoms with Crippen LogP contribution in [0.25, 0.3) is 38.4 Å². The Bertz CT molecular complexity index is 1190. The van der Waals surface area contributed by atoms with Gasteiger partial charge in [-0.1, -0.05) is 42.5 Å². The maximum absolute atomic E-state index is 10.3. The predicted octanol–water partition coefficient (Wildman–Crippen LogP) is 4.27. The van der Waals surface area contributed by atoms with Gasteiger partial charge < -0.3 is 15.3 Å². The molecule has 0 heterocycles. The van der Waals surface area contributed by atoms with Crippen LogP contribution in [0.15, 0.2) is 60.7 Å². The number of hydrogen-bond acceptors (Lipinski definition) is 3. The summed E-state index contributed by atoms with van der Waals surface area (Å²) in [6.07, 6.45) is 1.76. The summed E-state index contributed by atoms with van der Waals surface area (Å²) in [5.41, 5.74) is 1.70. The first-order chi connectivity index (χ1) is 12.1. The van der Waals surface area contributed by atoms with Crippen molar-refractivity contribution < 1.29 is 15.3 Å². The van der Waals surface area contributed by atoms with Crippen LogP contribution in [0.2, 0.25) is 0 Å². The fraction of sp³-hybridized carbons (Fsp3) is 0.0909. The number of phenols is 1. The molecular formula is C22H16O3. The fourth-order valence-electron chi connectivity index (χ4n) is 3.84. The third-order valence-corrected chi connectivity index (χ3v) is 5.14. The number of aliphatic hydroxyl groups excluding tert-OH is 2. The topological polar surface area (TPSA) is 60.7 Å². The lowest BCUT2D eigenvalue weighted by Gasteiger charge is -2.23. The summed E-state index contributed by atoms with van der Waals surface area (Å²) >= 11 is 0. The van der Waals surface area contributed by atoms with Gasteiger partial charge in [-0.3, -0.25) is 0 Å². The molecule has 4 aromatic carbocycles. The summed E-state index contributed by atoms with van der Waals surface area (Å²) in [6, 6.07) is 17.6. The van der Waals surface area contributed by atoms with Gasteiger partial charge in [0.05, 0.1) is 0 Å². The Morgan fingerprint density at radius 1 is 0.680 bits per heavy atom. The van der Waals surface area contributed by atoms with E-state index >= 15 is 0 Å². The normalized spacial score (nSPS) is 19.6. The van der Waals surface area contributed by atoms with Crippen molar-refractivity contribution in [3.05, 3.63) is 71.8 Å². The zero-order valence-electron chi connectivity index (χ0n) is 13.3. The average Bonchev–Trinajstić information content (AvgIpc) is 2.62. The van der Waals surface area contributed by atoms with E-state index in [1.165, 1.54) is 0 Å². The Labute approximate surface area is 144 Å². The molecule has 25 heavy (non-hydrogen) atoms. The second kappa shape index (κ2) is 5.06. The molecule has 0 saturated heterocycles. The zero-order chi connectivity index (χ0) is 17.1. The van der Waals surface area contributed by atoms with Crippen molar-refractivity contribution in [2.24, 2.45) is 0 Å². The molecule has 0 spiro atoms. The Morgan fingerprint density at radius 3 is 2.24 bits per heavy atom. The highest BCUT2D eigenvalue weighted by Gasteiger charge is 2.23. The molecule has 122 valence electrons. The van der Waals surface area contributed by atoms with Gasteiger partial charge in [0, 0.05) is 0 Å². The van der Waals surface area contributed by atoms with E-state index in [2.05, 4.69) is 18.2 Å². The molecule has 0 saturated carbocycles. The van der Waals surface area contributed by atoms with Crippen molar-refractivity contribution in [3.63, 3.8) is 0 Å². The molecular weight excluding hydrogens is 312 g/mol. The molecule has 2 atom stereocenters. The third kappa shape index (κ3) is 2.07. The molecule has 0 radical (unpaired) electrons. The van der Waals surface area contributed by atoms with Crippen LogP contribution in [0.4, 0.5) is 0 Å². The Hall–Kier alpha value is -2.88. The van der Waals surface area contributed by atoms with E-state index in [4.69, 9.17) is 0 Å². The molecule has 0 aliphatic heterocycles. The Kier molecular flexibility index (Phi) is 2.93. The standard InChI is InChI=1S/C22H16O3/c23-15-4-6-16-14(10-15)2-1-12-9-13-3-5-18-17(20(13)11-19(12)16)7-8-21(24)22(18)25/h1-11,21-25H/t21-,22-/m1/s1. The fourth-order valence-corrected chi connectivity index (χ4v) is 3.84. The molecule has 0 aromatic heterocycles. The number of hydrogen-bond donors (Lipinski definition) is 3. The van der Waals surface area contributed by atoms with E-state index in [0.717, 1.165) is 43.4 Å². The molecule has 0 fully saturated rings. The highest BCUT2D eigenvalue weighted by Crippen LogP contribution is 2.37. The summed E-state index contributed by atoms with van der Waals surface area (Å²) in [7, 11) is 0. The molecule has 3 N–H and O–H groups in total. The first kappa shape index (κ1) is 14.5. The van der Waals surface area contributed by atoms with E-state index < -0.39 is 12.2 Å². The van der Waals surface area contributed by atoms with Gasteiger partial charge in [0.1, 0.15) is 18.0 Å². The molecule has 3 heteroatoms. The van der Waals surface area contributed by atoms with Gasteiger partial charge in [-0.2, -0.15) is 0 Å². The number of aliphatic hydroxyl groups is 2. The molecule has 1 aliphatic rings. The lowest BCUT2D eigenvalue weighted by Crippen LogP contribution is -2.19. The van der Waals surface area contributed by atoms with E-state index in [1.54, 1.807) is 18.2 Å². The Balaban J connectivity index is 1.91. The van der Waals surface area contributed by atoms with E-state index in [9.17, 15) is 15.3 Å². The number of rotatable bonds is 0. The highest BCUT2D eigenvalue weighted by molar-refractivity contribution is 6.13. The lowest BCUT2D eigenvalue weighted by atomic mass is 9.87. The number of benzene rings is 4. The quantitative estimate of drug-likeness (QED) is 0.334. The monoisotopic (exact) mass is 328 g/mol. The number of phenolic OH excluding ortho intramolecular Hbond substituents is 1. The van der Waals surface area contributed by atoms with Crippen LogP contribution in [0.5, 0.6) is 5.75 Å². The van der Waals surface area contributed by atoms with Gasteiger partial charge in [-0.25, -0.2) is 0 Å². The first-order valence-electron chi connectivity index (χ1n) is 8.28. The predicted molar refractivity (Wildman–Crippen MR) is 101 cm³/mol. The van der Waals surface area contributed by atoms with E-state index in [0.29, 0.717) is 0 Å². The van der Waals surface area contributed by atoms with Crippen molar-refractivity contribution in [2.45, 2.75) is 12.2 Å². The van der Waals surface area contributed by atoms with Crippen LogP contribution in [0.3, 0.4) is 0 Å². The summed E-state index contributed by atoms with van der Waals surface area (Å²) < 4.78 is 0. The second-order valence-corrected chi connectivity index (χ2v) is 6.63.